The van der Waals surface area contributed by atoms with Crippen molar-refractivity contribution in [3.8, 4) is 5.75 Å². The number of carbonyl (C=O) groups is 1. The smallest absolute Gasteiger partial charge is 0.337 e. The zero-order valence-electron chi connectivity index (χ0n) is 19.5. The maximum Gasteiger partial charge on any atom is 0.337 e. The third kappa shape index (κ3) is 6.49. The van der Waals surface area contributed by atoms with E-state index in [4.69, 9.17) is 9.73 Å². The number of aromatic hydroxyl groups is 1. The molecule has 0 bridgehead atoms. The monoisotopic (exact) mass is 437 g/mol. The molecule has 0 amide bonds. The summed E-state index contributed by atoms with van der Waals surface area (Å²) in [5.74, 6) is 1.48. The van der Waals surface area contributed by atoms with Crippen LogP contribution >= 0.6 is 0 Å². The standard InChI is InChI=1S/C26H35N3O3/c1-18-14-19(2)17-29(16-18)26(27-20(3)10-11-21-8-6-5-7-9-21)28-23-15-22(25(31)32-4)12-13-24(23)30/h5-9,12-13,15,18-20,30H,10-11,14,16-17H2,1-4H3,(H,27,28). The van der Waals surface area contributed by atoms with Crippen LogP contribution in [-0.4, -0.2) is 48.2 Å². The van der Waals surface area contributed by atoms with Crippen molar-refractivity contribution < 1.29 is 14.6 Å². The number of phenols is 1. The van der Waals surface area contributed by atoms with Gasteiger partial charge in [0, 0.05) is 13.1 Å². The molecule has 172 valence electrons. The fourth-order valence-corrected chi connectivity index (χ4v) is 4.32. The van der Waals surface area contributed by atoms with Crippen molar-refractivity contribution in [3.63, 3.8) is 0 Å². The normalized spacial score (nSPS) is 20.0. The lowest BCUT2D eigenvalue weighted by molar-refractivity contribution is 0.0601. The van der Waals surface area contributed by atoms with Crippen molar-refractivity contribution in [3.05, 3.63) is 59.7 Å². The molecule has 2 N–H and O–H groups in total. The molecule has 0 radical (unpaired) electrons. The molecular formula is C26H35N3O3. The molecule has 0 spiro atoms. The van der Waals surface area contributed by atoms with Gasteiger partial charge in [-0.2, -0.15) is 0 Å². The van der Waals surface area contributed by atoms with Crippen LogP contribution in [-0.2, 0) is 11.2 Å². The van der Waals surface area contributed by atoms with Crippen LogP contribution in [0, 0.1) is 11.8 Å². The van der Waals surface area contributed by atoms with Gasteiger partial charge >= 0.3 is 5.97 Å². The molecule has 1 fully saturated rings. The minimum Gasteiger partial charge on any atom is -0.506 e. The SMILES string of the molecule is COC(=O)c1ccc(O)c(NC(=NC(C)CCc2ccccc2)N2CC(C)CC(C)C2)c1. The largest absolute Gasteiger partial charge is 0.506 e. The van der Waals surface area contributed by atoms with Crippen LogP contribution in [0.5, 0.6) is 5.75 Å². The minimum atomic E-state index is -0.442. The highest BCUT2D eigenvalue weighted by Gasteiger charge is 2.25. The Morgan fingerprint density at radius 2 is 1.88 bits per heavy atom. The van der Waals surface area contributed by atoms with Crippen molar-refractivity contribution in [1.82, 2.24) is 4.90 Å². The van der Waals surface area contributed by atoms with E-state index in [0.717, 1.165) is 31.9 Å². The van der Waals surface area contributed by atoms with Crippen LogP contribution in [0.4, 0.5) is 5.69 Å². The van der Waals surface area contributed by atoms with Gasteiger partial charge in [-0.25, -0.2) is 9.79 Å². The van der Waals surface area contributed by atoms with Crippen LogP contribution in [0.15, 0.2) is 53.5 Å². The average Bonchev–Trinajstić information content (AvgIpc) is 2.78. The first-order valence-corrected chi connectivity index (χ1v) is 11.4. The van der Waals surface area contributed by atoms with Gasteiger partial charge in [0.2, 0.25) is 0 Å². The van der Waals surface area contributed by atoms with Crippen LogP contribution in [0.1, 0.15) is 49.5 Å². The Balaban J connectivity index is 1.83. The molecule has 6 nitrogen and oxygen atoms in total. The number of aryl methyl sites for hydroxylation is 1. The number of guanidine groups is 1. The molecule has 3 unspecified atom stereocenters. The van der Waals surface area contributed by atoms with Gasteiger partial charge in [0.05, 0.1) is 24.4 Å². The number of piperidine rings is 1. The Morgan fingerprint density at radius 1 is 1.19 bits per heavy atom. The quantitative estimate of drug-likeness (QED) is 0.290. The average molecular weight is 438 g/mol. The number of ether oxygens (including phenoxy) is 1. The number of nitrogens with one attached hydrogen (secondary N) is 1. The topological polar surface area (TPSA) is 74.2 Å². The number of carbonyl (C=O) groups excluding carboxylic acids is 1. The Bertz CT molecular complexity index is 919. The predicted octanol–water partition coefficient (Wildman–Crippen LogP) is 4.95. The molecule has 6 heteroatoms. The summed E-state index contributed by atoms with van der Waals surface area (Å²) in [6.45, 7) is 8.44. The summed E-state index contributed by atoms with van der Waals surface area (Å²) < 4.78 is 4.83. The number of likely N-dealkylation sites (tertiary alicyclic amines) is 1. The second-order valence-electron chi connectivity index (χ2n) is 9.03. The van der Waals surface area contributed by atoms with E-state index in [0.29, 0.717) is 23.1 Å². The molecule has 0 saturated carbocycles. The Hall–Kier alpha value is -3.02. The van der Waals surface area contributed by atoms with Crippen LogP contribution in [0.25, 0.3) is 0 Å². The number of aliphatic imine (C=N–C) groups is 1. The van der Waals surface area contributed by atoms with Crippen LogP contribution in [0.3, 0.4) is 0 Å². The summed E-state index contributed by atoms with van der Waals surface area (Å²) >= 11 is 0. The summed E-state index contributed by atoms with van der Waals surface area (Å²) in [7, 11) is 1.35. The molecule has 1 saturated heterocycles. The first-order chi connectivity index (χ1) is 15.4. The molecule has 3 atom stereocenters. The van der Waals surface area contributed by atoms with Crippen LogP contribution < -0.4 is 5.32 Å². The van der Waals surface area contributed by atoms with Crippen LogP contribution in [0.2, 0.25) is 0 Å². The Morgan fingerprint density at radius 3 is 2.53 bits per heavy atom. The maximum atomic E-state index is 12.0. The molecule has 1 heterocycles. The highest BCUT2D eigenvalue weighted by molar-refractivity contribution is 5.97. The number of esters is 1. The lowest BCUT2D eigenvalue weighted by atomic mass is 9.92. The van der Waals surface area contributed by atoms with Gasteiger partial charge in [-0.15, -0.1) is 0 Å². The van der Waals surface area contributed by atoms with Crippen molar-refractivity contribution in [2.24, 2.45) is 16.8 Å². The minimum absolute atomic E-state index is 0.0698. The molecule has 1 aliphatic heterocycles. The van der Waals surface area contributed by atoms with E-state index < -0.39 is 5.97 Å². The molecule has 32 heavy (non-hydrogen) atoms. The molecule has 0 aliphatic carbocycles. The number of methoxy groups -OCH3 is 1. The number of nitrogens with zero attached hydrogens (tertiary/aromatic N) is 2. The van der Waals surface area contributed by atoms with Crippen molar-refractivity contribution in [1.29, 1.82) is 0 Å². The highest BCUT2D eigenvalue weighted by Crippen LogP contribution is 2.27. The highest BCUT2D eigenvalue weighted by atomic mass is 16.5. The molecule has 3 rings (SSSR count). The molecule has 1 aliphatic rings. The van der Waals surface area contributed by atoms with Gasteiger partial charge in [-0.3, -0.25) is 0 Å². The molecular weight excluding hydrogens is 402 g/mol. The second kappa shape index (κ2) is 11.0. The van der Waals surface area contributed by atoms with Crippen molar-refractivity contribution in [2.45, 2.75) is 46.1 Å². The third-order valence-electron chi connectivity index (χ3n) is 5.87. The predicted molar refractivity (Wildman–Crippen MR) is 129 cm³/mol. The van der Waals surface area contributed by atoms with Gasteiger partial charge in [0.15, 0.2) is 5.96 Å². The number of benzene rings is 2. The first kappa shape index (κ1) is 23.6. The van der Waals surface area contributed by atoms with E-state index >= 15 is 0 Å². The van der Waals surface area contributed by atoms with E-state index in [1.165, 1.54) is 25.2 Å². The van der Waals surface area contributed by atoms with Gasteiger partial charge in [0.1, 0.15) is 5.75 Å². The lowest BCUT2D eigenvalue weighted by Gasteiger charge is -2.37. The number of phenolic OH excluding ortho intramolecular Hbond substituents is 1. The van der Waals surface area contributed by atoms with Gasteiger partial charge in [-0.1, -0.05) is 44.2 Å². The van der Waals surface area contributed by atoms with Gasteiger partial charge in [-0.05, 0) is 61.8 Å². The number of anilines is 1. The van der Waals surface area contributed by atoms with E-state index in [1.807, 2.05) is 6.07 Å². The van der Waals surface area contributed by atoms with E-state index in [2.05, 4.69) is 55.3 Å². The number of rotatable bonds is 6. The fraction of sp³-hybridized carbons (Fsp3) is 0.462. The van der Waals surface area contributed by atoms with Crippen molar-refractivity contribution in [2.75, 3.05) is 25.5 Å². The fourth-order valence-electron chi connectivity index (χ4n) is 4.32. The zero-order valence-corrected chi connectivity index (χ0v) is 19.5. The van der Waals surface area contributed by atoms with E-state index in [-0.39, 0.29) is 11.8 Å². The Labute approximate surface area is 191 Å². The first-order valence-electron chi connectivity index (χ1n) is 11.4. The Kier molecular flexibility index (Phi) is 8.14. The van der Waals surface area contributed by atoms with Gasteiger partial charge < -0.3 is 20.1 Å². The number of hydrogen-bond acceptors (Lipinski definition) is 4. The van der Waals surface area contributed by atoms with Crippen molar-refractivity contribution >= 4 is 17.6 Å². The molecule has 2 aromatic rings. The summed E-state index contributed by atoms with van der Waals surface area (Å²) in [5, 5.41) is 13.8. The zero-order chi connectivity index (χ0) is 23.1. The molecule has 0 aromatic heterocycles. The second-order valence-corrected chi connectivity index (χ2v) is 9.03. The van der Waals surface area contributed by atoms with Gasteiger partial charge in [0.25, 0.3) is 0 Å². The summed E-state index contributed by atoms with van der Waals surface area (Å²) in [6.07, 6.45) is 3.06. The summed E-state index contributed by atoms with van der Waals surface area (Å²) in [5.41, 5.74) is 2.13. The summed E-state index contributed by atoms with van der Waals surface area (Å²) in [4.78, 5) is 19.3. The lowest BCUT2D eigenvalue weighted by Crippen LogP contribution is -2.46. The molecule has 2 aromatic carbocycles. The van der Waals surface area contributed by atoms with E-state index in [9.17, 15) is 9.90 Å². The third-order valence-corrected chi connectivity index (χ3v) is 5.87. The summed E-state index contributed by atoms with van der Waals surface area (Å²) in [6, 6.07) is 15.2. The maximum absolute atomic E-state index is 12.0. The number of hydrogen-bond donors (Lipinski definition) is 2. The van der Waals surface area contributed by atoms with E-state index in [1.54, 1.807) is 12.1 Å².